The maximum Gasteiger partial charge on any atom is 0.341 e. The predicted octanol–water partition coefficient (Wildman–Crippen LogP) is 4.65. The van der Waals surface area contributed by atoms with Crippen LogP contribution in [0.25, 0.3) is 0 Å². The van der Waals surface area contributed by atoms with Crippen molar-refractivity contribution in [3.63, 3.8) is 0 Å². The van der Waals surface area contributed by atoms with Crippen LogP contribution in [-0.4, -0.2) is 49.3 Å². The summed E-state index contributed by atoms with van der Waals surface area (Å²) < 4.78 is 27.9. The van der Waals surface area contributed by atoms with E-state index in [9.17, 15) is 19.8 Å². The molecule has 38 heavy (non-hydrogen) atoms. The summed E-state index contributed by atoms with van der Waals surface area (Å²) in [7, 11) is 1.49. The Hall–Kier alpha value is -4.40. The summed E-state index contributed by atoms with van der Waals surface area (Å²) in [5, 5.41) is 19.9. The Labute approximate surface area is 219 Å². The Bertz CT molecular complexity index is 1370. The number of carbonyl (C=O) groups is 2. The van der Waals surface area contributed by atoms with Crippen LogP contribution in [0.5, 0.6) is 28.7 Å². The van der Waals surface area contributed by atoms with Crippen molar-refractivity contribution in [1.82, 2.24) is 0 Å². The fraction of sp³-hybridized carbons (Fsp3) is 0.310. The van der Waals surface area contributed by atoms with E-state index in [1.807, 2.05) is 37.3 Å². The molecule has 2 aliphatic rings. The lowest BCUT2D eigenvalue weighted by Crippen LogP contribution is -2.24. The van der Waals surface area contributed by atoms with Gasteiger partial charge in [-0.15, -0.1) is 0 Å². The zero-order valence-electron chi connectivity index (χ0n) is 21.0. The number of fused-ring (bicyclic) bond motifs is 2. The fourth-order valence-electron chi connectivity index (χ4n) is 5.30. The van der Waals surface area contributed by atoms with Gasteiger partial charge in [0.1, 0.15) is 17.2 Å². The number of benzene rings is 3. The first kappa shape index (κ1) is 25.3. The number of rotatable bonds is 10. The first-order chi connectivity index (χ1) is 18.4. The minimum atomic E-state index is -1.14. The number of ether oxygens (including phenoxy) is 5. The second kappa shape index (κ2) is 10.5. The molecule has 9 heteroatoms. The van der Waals surface area contributed by atoms with Crippen molar-refractivity contribution >= 4 is 11.9 Å². The van der Waals surface area contributed by atoms with E-state index in [1.54, 1.807) is 24.3 Å². The molecular formula is C29H28O9. The maximum absolute atomic E-state index is 13.0. The lowest BCUT2D eigenvalue weighted by atomic mass is 9.79. The normalized spacial score (nSPS) is 19.1. The van der Waals surface area contributed by atoms with Crippen molar-refractivity contribution in [2.24, 2.45) is 5.92 Å². The van der Waals surface area contributed by atoms with Gasteiger partial charge in [-0.1, -0.05) is 25.1 Å². The van der Waals surface area contributed by atoms with Gasteiger partial charge < -0.3 is 33.9 Å². The van der Waals surface area contributed by atoms with E-state index in [0.717, 1.165) is 23.1 Å². The summed E-state index contributed by atoms with van der Waals surface area (Å²) in [5.74, 6) is -1.72. The lowest BCUT2D eigenvalue weighted by molar-refractivity contribution is -0.142. The lowest BCUT2D eigenvalue weighted by Gasteiger charge is -2.24. The van der Waals surface area contributed by atoms with Gasteiger partial charge in [0.25, 0.3) is 0 Å². The molecule has 1 aliphatic heterocycles. The third-order valence-corrected chi connectivity index (χ3v) is 6.87. The molecule has 198 valence electrons. The van der Waals surface area contributed by atoms with Crippen molar-refractivity contribution in [3.8, 4) is 28.7 Å². The first-order valence-electron chi connectivity index (χ1n) is 12.3. The van der Waals surface area contributed by atoms with Gasteiger partial charge in [0, 0.05) is 23.5 Å². The van der Waals surface area contributed by atoms with Crippen LogP contribution in [0, 0.1) is 5.92 Å². The van der Waals surface area contributed by atoms with Gasteiger partial charge in [-0.25, -0.2) is 4.79 Å². The fourth-order valence-corrected chi connectivity index (χ4v) is 5.30. The molecule has 3 aromatic carbocycles. The van der Waals surface area contributed by atoms with Crippen LogP contribution in [-0.2, 0) is 9.59 Å². The van der Waals surface area contributed by atoms with Crippen LogP contribution in [0.3, 0.4) is 0 Å². The molecule has 3 aromatic rings. The Kier molecular flexibility index (Phi) is 7.00. The van der Waals surface area contributed by atoms with Crippen LogP contribution in [0.2, 0.25) is 0 Å². The average molecular weight is 521 g/mol. The average Bonchev–Trinajstić information content (AvgIpc) is 3.52. The quantitative estimate of drug-likeness (QED) is 0.393. The van der Waals surface area contributed by atoms with E-state index in [2.05, 4.69) is 0 Å². The molecule has 0 saturated heterocycles. The number of hydrogen-bond donors (Lipinski definition) is 2. The number of carboxylic acid groups (broad SMARTS) is 2. The molecule has 0 spiro atoms. The topological polar surface area (TPSA) is 121 Å². The van der Waals surface area contributed by atoms with Gasteiger partial charge in [0.2, 0.25) is 6.79 Å². The highest BCUT2D eigenvalue weighted by molar-refractivity contribution is 5.79. The molecule has 3 atom stereocenters. The van der Waals surface area contributed by atoms with E-state index in [4.69, 9.17) is 23.7 Å². The van der Waals surface area contributed by atoms with Crippen molar-refractivity contribution in [2.45, 2.75) is 25.2 Å². The zero-order chi connectivity index (χ0) is 26.8. The summed E-state index contributed by atoms with van der Waals surface area (Å²) in [5.41, 5.74) is 2.94. The van der Waals surface area contributed by atoms with Crippen LogP contribution < -0.4 is 23.7 Å². The van der Waals surface area contributed by atoms with E-state index in [0.29, 0.717) is 35.2 Å². The van der Waals surface area contributed by atoms with Gasteiger partial charge in [0.15, 0.2) is 18.1 Å². The molecule has 0 saturated carbocycles. The monoisotopic (exact) mass is 520 g/mol. The first-order valence-corrected chi connectivity index (χ1v) is 12.3. The molecule has 1 aliphatic carbocycles. The largest absolute Gasteiger partial charge is 0.497 e. The molecule has 1 heterocycles. The van der Waals surface area contributed by atoms with E-state index in [-0.39, 0.29) is 12.5 Å². The molecule has 0 radical (unpaired) electrons. The van der Waals surface area contributed by atoms with Crippen molar-refractivity contribution in [2.75, 3.05) is 27.1 Å². The SMILES string of the molecule is CCCOc1ccc2c(c1)C(c1ccc(OC)cc1OCC(=O)O)[C@@H](C(=O)O)C2c1ccc2c(c1)OCO2. The van der Waals surface area contributed by atoms with Gasteiger partial charge in [0.05, 0.1) is 19.6 Å². The highest BCUT2D eigenvalue weighted by atomic mass is 16.7. The van der Waals surface area contributed by atoms with E-state index < -0.39 is 36.3 Å². The third kappa shape index (κ3) is 4.67. The predicted molar refractivity (Wildman–Crippen MR) is 136 cm³/mol. The molecule has 0 aromatic heterocycles. The molecule has 9 nitrogen and oxygen atoms in total. The summed E-state index contributed by atoms with van der Waals surface area (Å²) in [6, 6.07) is 16.2. The Morgan fingerprint density at radius 1 is 0.868 bits per heavy atom. The van der Waals surface area contributed by atoms with Crippen LogP contribution in [0.4, 0.5) is 0 Å². The number of methoxy groups -OCH3 is 1. The summed E-state index contributed by atoms with van der Waals surface area (Å²) in [6.07, 6.45) is 0.823. The highest BCUT2D eigenvalue weighted by Crippen LogP contribution is 2.56. The molecule has 0 amide bonds. The molecule has 5 rings (SSSR count). The second-order valence-corrected chi connectivity index (χ2v) is 9.16. The second-order valence-electron chi connectivity index (χ2n) is 9.16. The van der Waals surface area contributed by atoms with Crippen LogP contribution in [0.1, 0.15) is 47.4 Å². The zero-order valence-corrected chi connectivity index (χ0v) is 21.0. The van der Waals surface area contributed by atoms with Gasteiger partial charge >= 0.3 is 11.9 Å². The Balaban J connectivity index is 1.69. The summed E-state index contributed by atoms with van der Waals surface area (Å²) in [4.78, 5) is 24.3. The van der Waals surface area contributed by atoms with Crippen molar-refractivity contribution in [3.05, 3.63) is 76.9 Å². The van der Waals surface area contributed by atoms with Crippen LogP contribution in [0.15, 0.2) is 54.6 Å². The molecule has 2 unspecified atom stereocenters. The van der Waals surface area contributed by atoms with E-state index >= 15 is 0 Å². The van der Waals surface area contributed by atoms with E-state index in [1.165, 1.54) is 7.11 Å². The Morgan fingerprint density at radius 3 is 2.37 bits per heavy atom. The van der Waals surface area contributed by atoms with Gasteiger partial charge in [-0.05, 0) is 53.4 Å². The molecule has 0 bridgehead atoms. The number of aliphatic carboxylic acids is 2. The van der Waals surface area contributed by atoms with Crippen molar-refractivity contribution in [1.29, 1.82) is 0 Å². The number of hydrogen-bond acceptors (Lipinski definition) is 7. The molecular weight excluding hydrogens is 492 g/mol. The van der Waals surface area contributed by atoms with Gasteiger partial charge in [-0.3, -0.25) is 4.79 Å². The molecule has 0 fully saturated rings. The summed E-state index contributed by atoms with van der Waals surface area (Å²) >= 11 is 0. The maximum atomic E-state index is 13.0. The molecule has 2 N–H and O–H groups in total. The smallest absolute Gasteiger partial charge is 0.341 e. The standard InChI is InChI=1S/C29H28O9/c1-3-10-35-18-6-7-19-21(12-18)27(20-8-5-17(34-2)13-23(20)36-14-25(30)31)28(29(32)33)26(19)16-4-9-22-24(11-16)38-15-37-22/h4-9,11-13,26-28H,3,10,14-15H2,1-2H3,(H,30,31)(H,32,33)/t26?,27?,28-/m0/s1. The highest BCUT2D eigenvalue weighted by Gasteiger charge is 2.48. The van der Waals surface area contributed by atoms with Crippen LogP contribution >= 0.6 is 0 Å². The summed E-state index contributed by atoms with van der Waals surface area (Å²) in [6.45, 7) is 2.06. The van der Waals surface area contributed by atoms with Crippen molar-refractivity contribution < 1.29 is 43.5 Å². The van der Waals surface area contributed by atoms with Gasteiger partial charge in [-0.2, -0.15) is 0 Å². The Morgan fingerprint density at radius 2 is 1.63 bits per heavy atom. The minimum Gasteiger partial charge on any atom is -0.497 e. The third-order valence-electron chi connectivity index (χ3n) is 6.87. The minimum absolute atomic E-state index is 0.110. The number of carboxylic acids is 2.